The number of fused-ring (bicyclic) bond motifs is 1. The molecule has 0 radical (unpaired) electrons. The van der Waals surface area contributed by atoms with Crippen molar-refractivity contribution in [1.82, 2.24) is 5.32 Å². The van der Waals surface area contributed by atoms with E-state index in [0.717, 1.165) is 23.5 Å². The first-order valence-corrected chi connectivity index (χ1v) is 5.25. The topological polar surface area (TPSA) is 21.3 Å². The molecule has 0 bridgehead atoms. The largest absolute Gasteiger partial charge is 0.497 e. The van der Waals surface area contributed by atoms with Gasteiger partial charge in [-0.2, -0.15) is 0 Å². The van der Waals surface area contributed by atoms with Crippen molar-refractivity contribution in [2.75, 3.05) is 20.2 Å². The Labute approximate surface area is 84.3 Å². The fourth-order valence-electron chi connectivity index (χ4n) is 2.74. The summed E-state index contributed by atoms with van der Waals surface area (Å²) in [6.45, 7) is 2.42. The SMILES string of the molecule is COc1ccc([C@H]2[C@@H]3CNC[C@@H]32)cc1. The van der Waals surface area contributed by atoms with E-state index in [-0.39, 0.29) is 0 Å². The minimum atomic E-state index is 0.821. The summed E-state index contributed by atoms with van der Waals surface area (Å²) in [7, 11) is 1.71. The van der Waals surface area contributed by atoms with Crippen LogP contribution in [0.25, 0.3) is 0 Å². The Bertz CT molecular complexity index is 323. The summed E-state index contributed by atoms with van der Waals surface area (Å²) in [5, 5.41) is 3.42. The van der Waals surface area contributed by atoms with Crippen LogP contribution in [0.5, 0.6) is 5.75 Å². The maximum atomic E-state index is 5.15. The fourth-order valence-corrected chi connectivity index (χ4v) is 2.74. The number of nitrogens with one attached hydrogen (secondary N) is 1. The third-order valence-electron chi connectivity index (χ3n) is 3.59. The van der Waals surface area contributed by atoms with E-state index in [1.807, 2.05) is 0 Å². The van der Waals surface area contributed by atoms with E-state index in [9.17, 15) is 0 Å². The molecular weight excluding hydrogens is 174 g/mol. The fraction of sp³-hybridized carbons (Fsp3) is 0.500. The van der Waals surface area contributed by atoms with E-state index in [4.69, 9.17) is 4.74 Å². The first-order chi connectivity index (χ1) is 6.90. The zero-order chi connectivity index (χ0) is 9.54. The Hall–Kier alpha value is -1.02. The van der Waals surface area contributed by atoms with Crippen LogP contribution in [0.2, 0.25) is 0 Å². The zero-order valence-electron chi connectivity index (χ0n) is 8.36. The second-order valence-electron chi connectivity index (χ2n) is 4.28. The molecule has 74 valence electrons. The van der Waals surface area contributed by atoms with Crippen LogP contribution in [0.15, 0.2) is 24.3 Å². The zero-order valence-corrected chi connectivity index (χ0v) is 8.36. The van der Waals surface area contributed by atoms with E-state index in [1.54, 1.807) is 7.11 Å². The molecule has 1 heterocycles. The van der Waals surface area contributed by atoms with Crippen molar-refractivity contribution in [1.29, 1.82) is 0 Å². The van der Waals surface area contributed by atoms with Crippen molar-refractivity contribution in [2.45, 2.75) is 5.92 Å². The summed E-state index contributed by atoms with van der Waals surface area (Å²) >= 11 is 0. The molecule has 1 aliphatic heterocycles. The second kappa shape index (κ2) is 2.99. The quantitative estimate of drug-likeness (QED) is 0.763. The maximum absolute atomic E-state index is 5.15. The molecule has 1 aromatic rings. The molecule has 1 saturated carbocycles. The van der Waals surface area contributed by atoms with Crippen LogP contribution in [-0.2, 0) is 0 Å². The van der Waals surface area contributed by atoms with Crippen LogP contribution >= 0.6 is 0 Å². The lowest BCUT2D eigenvalue weighted by atomic mass is 10.1. The van der Waals surface area contributed by atoms with Gasteiger partial charge in [-0.15, -0.1) is 0 Å². The molecule has 14 heavy (non-hydrogen) atoms. The third-order valence-corrected chi connectivity index (χ3v) is 3.59. The minimum Gasteiger partial charge on any atom is -0.497 e. The summed E-state index contributed by atoms with van der Waals surface area (Å²) in [4.78, 5) is 0. The number of benzene rings is 1. The maximum Gasteiger partial charge on any atom is 0.118 e. The van der Waals surface area contributed by atoms with Crippen LogP contribution in [-0.4, -0.2) is 20.2 Å². The van der Waals surface area contributed by atoms with Crippen molar-refractivity contribution in [3.8, 4) is 5.75 Å². The monoisotopic (exact) mass is 189 g/mol. The number of rotatable bonds is 2. The van der Waals surface area contributed by atoms with Crippen molar-refractivity contribution in [3.05, 3.63) is 29.8 Å². The molecule has 0 amide bonds. The van der Waals surface area contributed by atoms with Crippen molar-refractivity contribution in [3.63, 3.8) is 0 Å². The van der Waals surface area contributed by atoms with E-state index < -0.39 is 0 Å². The Balaban J connectivity index is 1.78. The molecule has 1 aromatic carbocycles. The van der Waals surface area contributed by atoms with Crippen molar-refractivity contribution in [2.24, 2.45) is 11.8 Å². The van der Waals surface area contributed by atoms with E-state index in [0.29, 0.717) is 0 Å². The molecule has 2 heteroatoms. The molecule has 2 aliphatic rings. The molecule has 3 atom stereocenters. The van der Waals surface area contributed by atoms with Gasteiger partial charge in [0.1, 0.15) is 5.75 Å². The lowest BCUT2D eigenvalue weighted by Crippen LogP contribution is -2.13. The van der Waals surface area contributed by atoms with Gasteiger partial charge < -0.3 is 10.1 Å². The first kappa shape index (κ1) is 8.30. The highest BCUT2D eigenvalue weighted by Gasteiger charge is 2.53. The Morgan fingerprint density at radius 1 is 1.14 bits per heavy atom. The average Bonchev–Trinajstić information content (AvgIpc) is 2.72. The normalized spacial score (nSPS) is 33.9. The van der Waals surface area contributed by atoms with Gasteiger partial charge >= 0.3 is 0 Å². The van der Waals surface area contributed by atoms with Gasteiger partial charge in [-0.1, -0.05) is 12.1 Å². The van der Waals surface area contributed by atoms with Gasteiger partial charge in [0.15, 0.2) is 0 Å². The molecule has 1 saturated heterocycles. The van der Waals surface area contributed by atoms with Gasteiger partial charge in [-0.25, -0.2) is 0 Å². The summed E-state index contributed by atoms with van der Waals surface area (Å²) in [6.07, 6.45) is 0. The highest BCUT2D eigenvalue weighted by atomic mass is 16.5. The molecule has 2 nitrogen and oxygen atoms in total. The van der Waals surface area contributed by atoms with E-state index >= 15 is 0 Å². The first-order valence-electron chi connectivity index (χ1n) is 5.25. The van der Waals surface area contributed by atoms with E-state index in [2.05, 4.69) is 29.6 Å². The standard InChI is InChI=1S/C12H15NO/c1-14-9-4-2-8(3-5-9)12-10-6-13-7-11(10)12/h2-5,10-13H,6-7H2,1H3/t10-,11+,12+. The van der Waals surface area contributed by atoms with Crippen molar-refractivity contribution >= 4 is 0 Å². The Kier molecular flexibility index (Phi) is 1.77. The number of hydrogen-bond acceptors (Lipinski definition) is 2. The third kappa shape index (κ3) is 1.14. The highest BCUT2D eigenvalue weighted by molar-refractivity contribution is 5.35. The second-order valence-corrected chi connectivity index (χ2v) is 4.28. The lowest BCUT2D eigenvalue weighted by molar-refractivity contribution is 0.414. The minimum absolute atomic E-state index is 0.821. The van der Waals surface area contributed by atoms with Crippen molar-refractivity contribution < 1.29 is 4.74 Å². The van der Waals surface area contributed by atoms with Crippen LogP contribution < -0.4 is 10.1 Å². The van der Waals surface area contributed by atoms with Gasteiger partial charge in [-0.3, -0.25) is 0 Å². The van der Waals surface area contributed by atoms with Crippen LogP contribution in [0, 0.1) is 11.8 Å². The molecule has 0 aromatic heterocycles. The summed E-state index contributed by atoms with van der Waals surface area (Å²) < 4.78 is 5.15. The molecule has 0 unspecified atom stereocenters. The van der Waals surface area contributed by atoms with Gasteiger partial charge in [0.25, 0.3) is 0 Å². The number of methoxy groups -OCH3 is 1. The van der Waals surface area contributed by atoms with Gasteiger partial charge in [-0.05, 0) is 48.5 Å². The Morgan fingerprint density at radius 3 is 2.36 bits per heavy atom. The lowest BCUT2D eigenvalue weighted by Gasteiger charge is -2.05. The molecule has 3 rings (SSSR count). The van der Waals surface area contributed by atoms with Crippen LogP contribution in [0.4, 0.5) is 0 Å². The highest BCUT2D eigenvalue weighted by Crippen LogP contribution is 2.55. The summed E-state index contributed by atoms with van der Waals surface area (Å²) in [5.41, 5.74) is 1.49. The predicted octanol–water partition coefficient (Wildman–Crippen LogP) is 1.63. The van der Waals surface area contributed by atoms with Gasteiger partial charge in [0.2, 0.25) is 0 Å². The summed E-state index contributed by atoms with van der Waals surface area (Å²) in [6, 6.07) is 8.55. The molecule has 1 N–H and O–H groups in total. The molecule has 1 aliphatic carbocycles. The van der Waals surface area contributed by atoms with Gasteiger partial charge in [0, 0.05) is 0 Å². The van der Waals surface area contributed by atoms with Crippen LogP contribution in [0.1, 0.15) is 11.5 Å². The average molecular weight is 189 g/mol. The summed E-state index contributed by atoms with van der Waals surface area (Å²) in [5.74, 6) is 3.59. The van der Waals surface area contributed by atoms with Crippen LogP contribution in [0.3, 0.4) is 0 Å². The number of hydrogen-bond donors (Lipinski definition) is 1. The predicted molar refractivity (Wildman–Crippen MR) is 55.6 cm³/mol. The van der Waals surface area contributed by atoms with E-state index in [1.165, 1.54) is 18.7 Å². The number of piperidine rings is 1. The number of ether oxygens (including phenoxy) is 1. The molecule has 0 spiro atoms. The smallest absolute Gasteiger partial charge is 0.118 e. The molecule has 2 fully saturated rings. The molecular formula is C12H15NO. The van der Waals surface area contributed by atoms with Gasteiger partial charge in [0.05, 0.1) is 7.11 Å². The Morgan fingerprint density at radius 2 is 1.79 bits per heavy atom.